The van der Waals surface area contributed by atoms with Crippen molar-refractivity contribution < 1.29 is 14.3 Å². The van der Waals surface area contributed by atoms with Gasteiger partial charge in [0.1, 0.15) is 11.4 Å². The lowest BCUT2D eigenvalue weighted by Gasteiger charge is -2.17. The van der Waals surface area contributed by atoms with E-state index < -0.39 is 0 Å². The van der Waals surface area contributed by atoms with Crippen LogP contribution in [0.15, 0.2) is 72.4 Å². The van der Waals surface area contributed by atoms with Crippen molar-refractivity contribution in [3.05, 3.63) is 94.7 Å². The van der Waals surface area contributed by atoms with Gasteiger partial charge in [-0.3, -0.25) is 9.59 Å². The second-order valence-electron chi connectivity index (χ2n) is 8.52. The first-order valence-corrected chi connectivity index (χ1v) is 11.7. The van der Waals surface area contributed by atoms with E-state index in [1.165, 1.54) is 10.5 Å². The van der Waals surface area contributed by atoms with Crippen molar-refractivity contribution in [2.45, 2.75) is 40.5 Å². The van der Waals surface area contributed by atoms with E-state index in [1.807, 2.05) is 69.3 Å². The second kappa shape index (κ2) is 9.96. The summed E-state index contributed by atoms with van der Waals surface area (Å²) >= 11 is 0. The van der Waals surface area contributed by atoms with Crippen molar-refractivity contribution in [2.24, 2.45) is 0 Å². The summed E-state index contributed by atoms with van der Waals surface area (Å²) < 4.78 is 5.73. The van der Waals surface area contributed by atoms with Gasteiger partial charge < -0.3 is 10.1 Å². The molecule has 0 fully saturated rings. The molecule has 1 aliphatic rings. The van der Waals surface area contributed by atoms with E-state index in [2.05, 4.69) is 12.2 Å². The van der Waals surface area contributed by atoms with Gasteiger partial charge in [-0.15, -0.1) is 0 Å². The zero-order chi connectivity index (χ0) is 24.2. The van der Waals surface area contributed by atoms with Gasteiger partial charge in [-0.25, -0.2) is 4.90 Å². The average molecular weight is 455 g/mol. The number of carbonyl (C=O) groups is 2. The van der Waals surface area contributed by atoms with Crippen LogP contribution in [0.1, 0.15) is 42.5 Å². The van der Waals surface area contributed by atoms with E-state index in [9.17, 15) is 9.59 Å². The molecule has 5 nitrogen and oxygen atoms in total. The molecule has 2 amide bonds. The molecule has 0 unspecified atom stereocenters. The Bertz CT molecular complexity index is 1260. The Kier molecular flexibility index (Phi) is 6.82. The fraction of sp³-hybridized carbons (Fsp3) is 0.241. The Morgan fingerprint density at radius 3 is 2.29 bits per heavy atom. The molecule has 0 spiro atoms. The number of nitrogens with zero attached hydrogens (tertiary/aromatic N) is 1. The third kappa shape index (κ3) is 4.60. The Morgan fingerprint density at radius 2 is 1.62 bits per heavy atom. The van der Waals surface area contributed by atoms with Gasteiger partial charge >= 0.3 is 0 Å². The molecule has 5 heteroatoms. The lowest BCUT2D eigenvalue weighted by molar-refractivity contribution is -0.120. The lowest BCUT2D eigenvalue weighted by Crippen LogP contribution is -2.32. The Labute approximate surface area is 201 Å². The van der Waals surface area contributed by atoms with Crippen molar-refractivity contribution in [3.63, 3.8) is 0 Å². The van der Waals surface area contributed by atoms with Crippen LogP contribution < -0.4 is 15.0 Å². The fourth-order valence-electron chi connectivity index (χ4n) is 3.95. The predicted molar refractivity (Wildman–Crippen MR) is 137 cm³/mol. The molecule has 34 heavy (non-hydrogen) atoms. The minimum Gasteiger partial charge on any atom is -0.494 e. The molecule has 3 aromatic rings. The van der Waals surface area contributed by atoms with E-state index in [-0.39, 0.29) is 17.5 Å². The SMILES string of the molecule is CCCOc1cccc(N2C(=O)C(Nc3ccc(CC)cc3)=C(c3ccc(C)c(C)c3)C2=O)c1. The normalized spacial score (nSPS) is 13.6. The minimum atomic E-state index is -0.384. The fourth-order valence-corrected chi connectivity index (χ4v) is 3.95. The quantitative estimate of drug-likeness (QED) is 0.421. The molecular formula is C29H30N2O3. The number of hydrogen-bond donors (Lipinski definition) is 1. The molecule has 0 bridgehead atoms. The molecule has 0 saturated heterocycles. The first-order chi connectivity index (χ1) is 16.4. The van der Waals surface area contributed by atoms with Gasteiger partial charge in [-0.1, -0.05) is 50.2 Å². The van der Waals surface area contributed by atoms with Crippen LogP contribution in [-0.4, -0.2) is 18.4 Å². The largest absolute Gasteiger partial charge is 0.494 e. The Balaban J connectivity index is 1.77. The molecule has 0 atom stereocenters. The van der Waals surface area contributed by atoms with Crippen LogP contribution >= 0.6 is 0 Å². The van der Waals surface area contributed by atoms with Gasteiger partial charge in [0.15, 0.2) is 0 Å². The highest BCUT2D eigenvalue weighted by Crippen LogP contribution is 2.35. The maximum absolute atomic E-state index is 13.7. The van der Waals surface area contributed by atoms with Gasteiger partial charge in [0.2, 0.25) is 0 Å². The standard InChI is InChI=1S/C29H30N2O3/c1-5-16-34-25-9-7-8-24(18-25)31-28(32)26(22-13-10-19(3)20(4)17-22)27(29(31)33)30-23-14-11-21(6-2)12-15-23/h7-15,17-18,30H,5-6,16H2,1-4H3. The molecule has 174 valence electrons. The molecule has 4 rings (SSSR count). The number of amides is 2. The van der Waals surface area contributed by atoms with Gasteiger partial charge in [-0.05, 0) is 73.2 Å². The van der Waals surface area contributed by atoms with E-state index in [4.69, 9.17) is 4.74 Å². The number of hydrogen-bond acceptors (Lipinski definition) is 4. The molecule has 0 aliphatic carbocycles. The summed E-state index contributed by atoms with van der Waals surface area (Å²) in [5.41, 5.74) is 6.00. The molecule has 1 aliphatic heterocycles. The molecule has 3 aromatic carbocycles. The summed E-state index contributed by atoms with van der Waals surface area (Å²) in [6.45, 7) is 8.72. The maximum Gasteiger partial charge on any atom is 0.282 e. The van der Waals surface area contributed by atoms with Crippen molar-refractivity contribution in [2.75, 3.05) is 16.8 Å². The monoisotopic (exact) mass is 454 g/mol. The van der Waals surface area contributed by atoms with Crippen LogP contribution in [-0.2, 0) is 16.0 Å². The van der Waals surface area contributed by atoms with Crippen LogP contribution in [0.2, 0.25) is 0 Å². The number of anilines is 2. The number of ether oxygens (including phenoxy) is 1. The molecule has 1 heterocycles. The Hall–Kier alpha value is -3.86. The molecule has 0 radical (unpaired) electrons. The highest BCUT2D eigenvalue weighted by molar-refractivity contribution is 6.46. The molecule has 0 aromatic heterocycles. The van der Waals surface area contributed by atoms with Crippen molar-refractivity contribution in [1.29, 1.82) is 0 Å². The highest BCUT2D eigenvalue weighted by atomic mass is 16.5. The van der Waals surface area contributed by atoms with Crippen molar-refractivity contribution in [3.8, 4) is 5.75 Å². The Morgan fingerprint density at radius 1 is 0.853 bits per heavy atom. The van der Waals surface area contributed by atoms with Crippen LogP contribution in [0, 0.1) is 13.8 Å². The van der Waals surface area contributed by atoms with Crippen molar-refractivity contribution >= 4 is 28.8 Å². The van der Waals surface area contributed by atoms with Crippen molar-refractivity contribution in [1.82, 2.24) is 0 Å². The number of rotatable bonds is 8. The molecular weight excluding hydrogens is 424 g/mol. The topological polar surface area (TPSA) is 58.6 Å². The van der Waals surface area contributed by atoms with E-state index in [1.54, 1.807) is 18.2 Å². The average Bonchev–Trinajstić information content (AvgIpc) is 3.09. The van der Waals surface area contributed by atoms with Gasteiger partial charge in [0.25, 0.3) is 11.8 Å². The maximum atomic E-state index is 13.7. The third-order valence-electron chi connectivity index (χ3n) is 6.06. The predicted octanol–water partition coefficient (Wildman–Crippen LogP) is 6.05. The van der Waals surface area contributed by atoms with Gasteiger partial charge in [0, 0.05) is 11.8 Å². The van der Waals surface area contributed by atoms with Crippen LogP contribution in [0.5, 0.6) is 5.75 Å². The van der Waals surface area contributed by atoms with E-state index in [0.29, 0.717) is 23.6 Å². The minimum absolute atomic E-state index is 0.275. The van der Waals surface area contributed by atoms with Crippen LogP contribution in [0.25, 0.3) is 5.57 Å². The second-order valence-corrected chi connectivity index (χ2v) is 8.52. The van der Waals surface area contributed by atoms with Gasteiger partial charge in [0.05, 0.1) is 17.9 Å². The van der Waals surface area contributed by atoms with E-state index >= 15 is 0 Å². The first-order valence-electron chi connectivity index (χ1n) is 11.7. The number of nitrogens with one attached hydrogen (secondary N) is 1. The molecule has 1 N–H and O–H groups in total. The first kappa shape index (κ1) is 23.3. The highest BCUT2D eigenvalue weighted by Gasteiger charge is 2.40. The number of aryl methyl sites for hydroxylation is 3. The van der Waals surface area contributed by atoms with Gasteiger partial charge in [-0.2, -0.15) is 0 Å². The smallest absolute Gasteiger partial charge is 0.282 e. The number of imide groups is 1. The zero-order valence-corrected chi connectivity index (χ0v) is 20.1. The lowest BCUT2D eigenvalue weighted by atomic mass is 9.99. The summed E-state index contributed by atoms with van der Waals surface area (Å²) in [5.74, 6) is -0.108. The van der Waals surface area contributed by atoms with Crippen LogP contribution in [0.4, 0.5) is 11.4 Å². The summed E-state index contributed by atoms with van der Waals surface area (Å²) in [4.78, 5) is 28.6. The number of benzene rings is 3. The zero-order valence-electron chi connectivity index (χ0n) is 20.1. The summed E-state index contributed by atoms with van der Waals surface area (Å²) in [5, 5.41) is 3.24. The van der Waals surface area contributed by atoms with Crippen LogP contribution in [0.3, 0.4) is 0 Å². The third-order valence-corrected chi connectivity index (χ3v) is 6.06. The summed E-state index contributed by atoms with van der Waals surface area (Å²) in [6.07, 6.45) is 1.80. The number of carbonyl (C=O) groups excluding carboxylic acids is 2. The summed E-state index contributed by atoms with van der Waals surface area (Å²) in [7, 11) is 0. The molecule has 0 saturated carbocycles. The van der Waals surface area contributed by atoms with E-state index in [0.717, 1.165) is 35.2 Å². The summed E-state index contributed by atoms with van der Waals surface area (Å²) in [6, 6.07) is 20.9.